The summed E-state index contributed by atoms with van der Waals surface area (Å²) in [5.41, 5.74) is 1.56. The fourth-order valence-electron chi connectivity index (χ4n) is 3.99. The first-order valence-corrected chi connectivity index (χ1v) is 11.2. The average molecular weight is 450 g/mol. The zero-order chi connectivity index (χ0) is 22.2. The topological polar surface area (TPSA) is 71.4 Å². The second-order valence-electron chi connectivity index (χ2n) is 7.81. The van der Waals surface area contributed by atoms with Crippen molar-refractivity contribution in [1.82, 2.24) is 4.90 Å². The summed E-state index contributed by atoms with van der Waals surface area (Å²) in [5.74, 6) is 1.52. The Kier molecular flexibility index (Phi) is 8.69. The Labute approximate surface area is 189 Å². The van der Waals surface area contributed by atoms with Crippen LogP contribution in [0.25, 0.3) is 0 Å². The predicted molar refractivity (Wildman–Crippen MR) is 122 cm³/mol. The monoisotopic (exact) mass is 449 g/mol. The Morgan fingerprint density at radius 2 is 1.74 bits per heavy atom. The van der Waals surface area contributed by atoms with Crippen molar-refractivity contribution in [3.05, 3.63) is 46.5 Å². The maximum atomic E-state index is 11.1. The predicted octanol–water partition coefficient (Wildman–Crippen LogP) is 4.59. The lowest BCUT2D eigenvalue weighted by Gasteiger charge is -2.27. The van der Waals surface area contributed by atoms with Crippen molar-refractivity contribution in [3.63, 3.8) is 0 Å². The second-order valence-corrected chi connectivity index (χ2v) is 8.22. The SMILES string of the molecule is COc1cc(Cl)c(OC)c(OCCN2CCCCC2)c1C(O)CCc1ccc(O)cc1. The molecule has 1 unspecified atom stereocenters. The number of benzene rings is 2. The smallest absolute Gasteiger partial charge is 0.180 e. The molecule has 1 saturated heterocycles. The van der Waals surface area contributed by atoms with Crippen LogP contribution in [0, 0.1) is 0 Å². The Bertz CT molecular complexity index is 837. The summed E-state index contributed by atoms with van der Waals surface area (Å²) < 4.78 is 17.2. The summed E-state index contributed by atoms with van der Waals surface area (Å²) in [7, 11) is 3.09. The van der Waals surface area contributed by atoms with E-state index in [-0.39, 0.29) is 5.75 Å². The molecule has 1 aliphatic heterocycles. The van der Waals surface area contributed by atoms with Crippen LogP contribution in [0.1, 0.15) is 42.9 Å². The third-order valence-corrected chi connectivity index (χ3v) is 5.97. The van der Waals surface area contributed by atoms with Crippen molar-refractivity contribution in [1.29, 1.82) is 0 Å². The van der Waals surface area contributed by atoms with Crippen molar-refractivity contribution in [2.75, 3.05) is 40.5 Å². The summed E-state index contributed by atoms with van der Waals surface area (Å²) in [6.07, 6.45) is 3.97. The van der Waals surface area contributed by atoms with Crippen LogP contribution in [-0.2, 0) is 6.42 Å². The number of rotatable bonds is 10. The molecular weight excluding hydrogens is 418 g/mol. The molecule has 0 aliphatic carbocycles. The highest BCUT2D eigenvalue weighted by Gasteiger charge is 2.26. The average Bonchev–Trinajstić information content (AvgIpc) is 2.79. The second kappa shape index (κ2) is 11.5. The molecule has 0 spiro atoms. The number of aliphatic hydroxyl groups excluding tert-OH is 1. The van der Waals surface area contributed by atoms with Gasteiger partial charge in [-0.3, -0.25) is 4.90 Å². The molecule has 0 bridgehead atoms. The Hall–Kier alpha value is -2.15. The van der Waals surface area contributed by atoms with E-state index in [9.17, 15) is 10.2 Å². The maximum Gasteiger partial charge on any atom is 0.180 e. The minimum Gasteiger partial charge on any atom is -0.508 e. The molecule has 1 heterocycles. The Morgan fingerprint density at radius 1 is 1.03 bits per heavy atom. The number of piperidine rings is 1. The molecule has 0 radical (unpaired) electrons. The van der Waals surface area contributed by atoms with Crippen LogP contribution in [0.5, 0.6) is 23.0 Å². The Balaban J connectivity index is 1.79. The van der Waals surface area contributed by atoms with Gasteiger partial charge in [-0.25, -0.2) is 0 Å². The minimum atomic E-state index is -0.833. The van der Waals surface area contributed by atoms with Crippen LogP contribution in [0.15, 0.2) is 30.3 Å². The third-order valence-electron chi connectivity index (χ3n) is 5.69. The first kappa shape index (κ1) is 23.5. The molecule has 0 amide bonds. The standard InChI is InChI=1S/C24H32ClNO5/c1-29-21-16-19(25)23(30-2)24(31-15-14-26-12-4-3-5-13-26)22(21)20(28)11-8-17-6-9-18(27)10-7-17/h6-7,9-10,16,20,27-28H,3-5,8,11-15H2,1-2H3. The summed E-state index contributed by atoms with van der Waals surface area (Å²) in [5, 5.41) is 20.9. The number of aliphatic hydroxyl groups is 1. The highest BCUT2D eigenvalue weighted by molar-refractivity contribution is 6.32. The van der Waals surface area contributed by atoms with E-state index < -0.39 is 6.10 Å². The van der Waals surface area contributed by atoms with Crippen molar-refractivity contribution in [2.24, 2.45) is 0 Å². The van der Waals surface area contributed by atoms with Gasteiger partial charge in [0.25, 0.3) is 0 Å². The number of likely N-dealkylation sites (tertiary alicyclic amines) is 1. The third kappa shape index (κ3) is 6.19. The van der Waals surface area contributed by atoms with Crippen molar-refractivity contribution in [2.45, 2.75) is 38.2 Å². The van der Waals surface area contributed by atoms with Gasteiger partial charge >= 0.3 is 0 Å². The summed E-state index contributed by atoms with van der Waals surface area (Å²) in [6, 6.07) is 8.62. The number of methoxy groups -OCH3 is 2. The van der Waals surface area contributed by atoms with Crippen molar-refractivity contribution in [3.8, 4) is 23.0 Å². The van der Waals surface area contributed by atoms with Gasteiger partial charge < -0.3 is 24.4 Å². The van der Waals surface area contributed by atoms with E-state index in [0.717, 1.165) is 25.2 Å². The summed E-state index contributed by atoms with van der Waals surface area (Å²) in [6.45, 7) is 3.45. The molecule has 6 nitrogen and oxygen atoms in total. The lowest BCUT2D eigenvalue weighted by Crippen LogP contribution is -2.33. The molecule has 3 rings (SSSR count). The van der Waals surface area contributed by atoms with Gasteiger partial charge in [-0.15, -0.1) is 0 Å². The molecule has 0 saturated carbocycles. The first-order valence-electron chi connectivity index (χ1n) is 10.8. The fourth-order valence-corrected chi connectivity index (χ4v) is 4.25. The molecule has 2 aromatic carbocycles. The number of aryl methyl sites for hydroxylation is 1. The number of hydrogen-bond donors (Lipinski definition) is 2. The van der Waals surface area contributed by atoms with Gasteiger partial charge in [0.2, 0.25) is 0 Å². The van der Waals surface area contributed by atoms with Gasteiger partial charge in [0.05, 0.1) is 30.9 Å². The molecule has 2 N–H and O–H groups in total. The van der Waals surface area contributed by atoms with Crippen molar-refractivity contribution < 1.29 is 24.4 Å². The number of hydrogen-bond acceptors (Lipinski definition) is 6. The number of phenols is 1. The van der Waals surface area contributed by atoms with E-state index in [1.807, 2.05) is 12.1 Å². The lowest BCUT2D eigenvalue weighted by atomic mass is 9.99. The van der Waals surface area contributed by atoms with Crippen LogP contribution in [-0.4, -0.2) is 55.6 Å². The summed E-state index contributed by atoms with van der Waals surface area (Å²) in [4.78, 5) is 2.39. The molecule has 7 heteroatoms. The summed E-state index contributed by atoms with van der Waals surface area (Å²) >= 11 is 6.40. The zero-order valence-electron chi connectivity index (χ0n) is 18.3. The van der Waals surface area contributed by atoms with Crippen LogP contribution in [0.2, 0.25) is 5.02 Å². The van der Waals surface area contributed by atoms with Gasteiger partial charge in [0.15, 0.2) is 11.5 Å². The quantitative estimate of drug-likeness (QED) is 0.552. The molecule has 2 aromatic rings. The van der Waals surface area contributed by atoms with E-state index in [0.29, 0.717) is 47.3 Å². The van der Waals surface area contributed by atoms with Gasteiger partial charge in [-0.05, 0) is 56.5 Å². The van der Waals surface area contributed by atoms with E-state index in [2.05, 4.69) is 4.90 Å². The molecule has 1 fully saturated rings. The molecule has 1 aliphatic rings. The van der Waals surface area contributed by atoms with Gasteiger partial charge in [-0.2, -0.15) is 0 Å². The van der Waals surface area contributed by atoms with Crippen molar-refractivity contribution >= 4 is 11.6 Å². The molecular formula is C24H32ClNO5. The maximum absolute atomic E-state index is 11.1. The van der Waals surface area contributed by atoms with Gasteiger partial charge in [-0.1, -0.05) is 30.2 Å². The fraction of sp³-hybridized carbons (Fsp3) is 0.500. The van der Waals surface area contributed by atoms with Crippen LogP contribution >= 0.6 is 11.6 Å². The number of halogens is 1. The number of phenolic OH excluding ortho intramolecular Hbond substituents is 1. The number of aromatic hydroxyl groups is 1. The van der Waals surface area contributed by atoms with Gasteiger partial charge in [0.1, 0.15) is 18.1 Å². The number of ether oxygens (including phenoxy) is 3. The normalized spacial score (nSPS) is 15.5. The van der Waals surface area contributed by atoms with Crippen LogP contribution in [0.3, 0.4) is 0 Å². The molecule has 31 heavy (non-hydrogen) atoms. The van der Waals surface area contributed by atoms with E-state index in [1.54, 1.807) is 25.3 Å². The van der Waals surface area contributed by atoms with E-state index >= 15 is 0 Å². The number of nitrogens with zero attached hydrogens (tertiary/aromatic N) is 1. The van der Waals surface area contributed by atoms with Crippen LogP contribution in [0.4, 0.5) is 0 Å². The van der Waals surface area contributed by atoms with Gasteiger partial charge in [0, 0.05) is 12.6 Å². The minimum absolute atomic E-state index is 0.220. The molecule has 170 valence electrons. The first-order chi connectivity index (χ1) is 15.0. The zero-order valence-corrected chi connectivity index (χ0v) is 19.0. The highest BCUT2D eigenvalue weighted by Crippen LogP contribution is 2.47. The lowest BCUT2D eigenvalue weighted by molar-refractivity contribution is 0.149. The Morgan fingerprint density at radius 3 is 2.39 bits per heavy atom. The highest BCUT2D eigenvalue weighted by atomic mass is 35.5. The molecule has 0 aromatic heterocycles. The van der Waals surface area contributed by atoms with E-state index in [1.165, 1.54) is 26.4 Å². The largest absolute Gasteiger partial charge is 0.508 e. The molecule has 1 atom stereocenters. The van der Waals surface area contributed by atoms with E-state index in [4.69, 9.17) is 25.8 Å². The van der Waals surface area contributed by atoms with Crippen LogP contribution < -0.4 is 14.2 Å².